The first-order chi connectivity index (χ1) is 7.24. The van der Waals surface area contributed by atoms with Crippen LogP contribution in [0.5, 0.6) is 0 Å². The number of halogens is 1. The molecule has 1 fully saturated rings. The van der Waals surface area contributed by atoms with Gasteiger partial charge in [-0.05, 0) is 42.8 Å². The molecule has 2 rings (SSSR count). The average molecular weight is 246 g/mol. The minimum atomic E-state index is 0.468. The second-order valence-corrected chi connectivity index (χ2v) is 5.70. The van der Waals surface area contributed by atoms with E-state index >= 15 is 0 Å². The molecule has 0 spiro atoms. The van der Waals surface area contributed by atoms with Crippen LogP contribution in [0, 0.1) is 0 Å². The first kappa shape index (κ1) is 11.4. The molecule has 1 aromatic rings. The molecule has 2 nitrogen and oxygen atoms in total. The van der Waals surface area contributed by atoms with Crippen LogP contribution in [0.25, 0.3) is 0 Å². The standard InChI is InChI=1S/C11H16ClNOS/c1-15-11(5-2-6-11)8-13-7-9-3-4-10(12)14-9/h3-4,13H,2,5-8H2,1H3. The van der Waals surface area contributed by atoms with Gasteiger partial charge in [-0.3, -0.25) is 0 Å². The van der Waals surface area contributed by atoms with E-state index in [2.05, 4.69) is 11.6 Å². The molecule has 0 amide bonds. The van der Waals surface area contributed by atoms with E-state index in [0.29, 0.717) is 9.97 Å². The molecule has 1 aliphatic carbocycles. The number of hydrogen-bond donors (Lipinski definition) is 1. The van der Waals surface area contributed by atoms with Crippen LogP contribution in [-0.4, -0.2) is 17.5 Å². The van der Waals surface area contributed by atoms with Gasteiger partial charge in [-0.15, -0.1) is 0 Å². The third-order valence-corrected chi connectivity index (χ3v) is 4.69. The molecule has 1 saturated carbocycles. The lowest BCUT2D eigenvalue weighted by Crippen LogP contribution is -2.43. The molecule has 1 N–H and O–H groups in total. The monoisotopic (exact) mass is 245 g/mol. The summed E-state index contributed by atoms with van der Waals surface area (Å²) in [6.45, 7) is 1.83. The van der Waals surface area contributed by atoms with Crippen molar-refractivity contribution in [1.29, 1.82) is 0 Å². The van der Waals surface area contributed by atoms with E-state index in [9.17, 15) is 0 Å². The minimum Gasteiger partial charge on any atom is -0.448 e. The fourth-order valence-electron chi connectivity index (χ4n) is 1.88. The molecule has 1 aromatic heterocycles. The van der Waals surface area contributed by atoms with Crippen LogP contribution >= 0.6 is 23.4 Å². The highest BCUT2D eigenvalue weighted by Crippen LogP contribution is 2.42. The molecule has 4 heteroatoms. The summed E-state index contributed by atoms with van der Waals surface area (Å²) in [5.74, 6) is 0.913. The molecule has 1 aliphatic rings. The van der Waals surface area contributed by atoms with Crippen molar-refractivity contribution in [2.75, 3.05) is 12.8 Å². The van der Waals surface area contributed by atoms with Crippen LogP contribution in [0.2, 0.25) is 5.22 Å². The lowest BCUT2D eigenvalue weighted by Gasteiger charge is -2.40. The van der Waals surface area contributed by atoms with Crippen LogP contribution in [0.15, 0.2) is 16.5 Å². The maximum atomic E-state index is 5.70. The maximum Gasteiger partial charge on any atom is 0.193 e. The highest BCUT2D eigenvalue weighted by molar-refractivity contribution is 8.00. The Balaban J connectivity index is 1.74. The highest BCUT2D eigenvalue weighted by Gasteiger charge is 2.35. The normalized spacial score (nSPS) is 18.8. The van der Waals surface area contributed by atoms with Crippen molar-refractivity contribution in [1.82, 2.24) is 5.32 Å². The molecule has 1 heterocycles. The van der Waals surface area contributed by atoms with Crippen molar-refractivity contribution in [2.24, 2.45) is 0 Å². The SMILES string of the molecule is CSC1(CNCc2ccc(Cl)o2)CCC1. The summed E-state index contributed by atoms with van der Waals surface area (Å²) in [7, 11) is 0. The van der Waals surface area contributed by atoms with Gasteiger partial charge in [-0.1, -0.05) is 6.42 Å². The molecule has 0 aromatic carbocycles. The first-order valence-electron chi connectivity index (χ1n) is 5.24. The lowest BCUT2D eigenvalue weighted by molar-refractivity contribution is 0.339. The van der Waals surface area contributed by atoms with E-state index in [4.69, 9.17) is 16.0 Å². The van der Waals surface area contributed by atoms with Crippen molar-refractivity contribution >= 4 is 23.4 Å². The number of thioether (sulfide) groups is 1. The van der Waals surface area contributed by atoms with Gasteiger partial charge in [0.1, 0.15) is 5.76 Å². The van der Waals surface area contributed by atoms with Gasteiger partial charge in [0.15, 0.2) is 5.22 Å². The van der Waals surface area contributed by atoms with Crippen molar-refractivity contribution in [3.05, 3.63) is 23.1 Å². The smallest absolute Gasteiger partial charge is 0.193 e. The van der Waals surface area contributed by atoms with Crippen LogP contribution < -0.4 is 5.32 Å². The number of rotatable bonds is 5. The first-order valence-corrected chi connectivity index (χ1v) is 6.84. The fourth-order valence-corrected chi connectivity index (χ4v) is 2.99. The Morgan fingerprint density at radius 2 is 2.33 bits per heavy atom. The molecule has 0 radical (unpaired) electrons. The van der Waals surface area contributed by atoms with Gasteiger partial charge >= 0.3 is 0 Å². The largest absolute Gasteiger partial charge is 0.448 e. The van der Waals surface area contributed by atoms with E-state index in [0.717, 1.165) is 18.8 Å². The second-order valence-electron chi connectivity index (χ2n) is 4.05. The molecule has 84 valence electrons. The van der Waals surface area contributed by atoms with Crippen molar-refractivity contribution in [3.8, 4) is 0 Å². The molecule has 0 saturated heterocycles. The van der Waals surface area contributed by atoms with E-state index < -0.39 is 0 Å². The zero-order chi connectivity index (χ0) is 10.7. The third-order valence-electron chi connectivity index (χ3n) is 3.07. The predicted octanol–water partition coefficient (Wildman–Crippen LogP) is 3.31. The van der Waals surface area contributed by atoms with Crippen LogP contribution in [0.3, 0.4) is 0 Å². The molecule has 0 atom stereocenters. The molecule has 0 bridgehead atoms. The van der Waals surface area contributed by atoms with Crippen LogP contribution in [0.1, 0.15) is 25.0 Å². The Labute approximate surface area is 99.8 Å². The minimum absolute atomic E-state index is 0.468. The quantitative estimate of drug-likeness (QED) is 0.862. The van der Waals surface area contributed by atoms with Crippen molar-refractivity contribution < 1.29 is 4.42 Å². The second kappa shape index (κ2) is 4.81. The summed E-state index contributed by atoms with van der Waals surface area (Å²) in [5, 5.41) is 3.90. The molecular weight excluding hydrogens is 230 g/mol. The zero-order valence-corrected chi connectivity index (χ0v) is 10.5. The molecular formula is C11H16ClNOS. The Kier molecular flexibility index (Phi) is 3.65. The summed E-state index contributed by atoms with van der Waals surface area (Å²) in [4.78, 5) is 0. The number of nitrogens with one attached hydrogen (secondary N) is 1. The average Bonchev–Trinajstić information content (AvgIpc) is 2.56. The van der Waals surface area contributed by atoms with Crippen LogP contribution in [-0.2, 0) is 6.54 Å². The van der Waals surface area contributed by atoms with E-state index in [1.54, 1.807) is 6.07 Å². The van der Waals surface area contributed by atoms with Gasteiger partial charge < -0.3 is 9.73 Å². The molecule has 15 heavy (non-hydrogen) atoms. The topological polar surface area (TPSA) is 25.2 Å². The Hall–Kier alpha value is -0.120. The summed E-state index contributed by atoms with van der Waals surface area (Å²) >= 11 is 7.68. The van der Waals surface area contributed by atoms with Crippen molar-refractivity contribution in [3.63, 3.8) is 0 Å². The van der Waals surface area contributed by atoms with E-state index in [1.807, 2.05) is 17.8 Å². The lowest BCUT2D eigenvalue weighted by atomic mass is 9.84. The summed E-state index contributed by atoms with van der Waals surface area (Å²) in [6.07, 6.45) is 6.24. The van der Waals surface area contributed by atoms with Gasteiger partial charge in [-0.25, -0.2) is 0 Å². The Morgan fingerprint density at radius 3 is 2.80 bits per heavy atom. The van der Waals surface area contributed by atoms with Gasteiger partial charge in [0.25, 0.3) is 0 Å². The molecule has 0 aliphatic heterocycles. The Bertz CT molecular complexity index is 317. The third kappa shape index (κ3) is 2.71. The van der Waals surface area contributed by atoms with Gasteiger partial charge in [-0.2, -0.15) is 11.8 Å². The number of furan rings is 1. The fraction of sp³-hybridized carbons (Fsp3) is 0.636. The van der Waals surface area contributed by atoms with Crippen molar-refractivity contribution in [2.45, 2.75) is 30.6 Å². The zero-order valence-electron chi connectivity index (χ0n) is 8.88. The highest BCUT2D eigenvalue weighted by atomic mass is 35.5. The summed E-state index contributed by atoms with van der Waals surface area (Å²) in [6, 6.07) is 3.70. The summed E-state index contributed by atoms with van der Waals surface area (Å²) in [5.41, 5.74) is 0. The van der Waals surface area contributed by atoms with Crippen LogP contribution in [0.4, 0.5) is 0 Å². The van der Waals surface area contributed by atoms with E-state index in [-0.39, 0.29) is 0 Å². The van der Waals surface area contributed by atoms with Gasteiger partial charge in [0, 0.05) is 11.3 Å². The van der Waals surface area contributed by atoms with Gasteiger partial charge in [0.2, 0.25) is 0 Å². The van der Waals surface area contributed by atoms with Gasteiger partial charge in [0.05, 0.1) is 6.54 Å². The molecule has 0 unspecified atom stereocenters. The maximum absolute atomic E-state index is 5.70. The Morgan fingerprint density at radius 1 is 1.53 bits per heavy atom. The van der Waals surface area contributed by atoms with E-state index in [1.165, 1.54) is 19.3 Å². The predicted molar refractivity (Wildman–Crippen MR) is 65.5 cm³/mol. The summed E-state index contributed by atoms with van der Waals surface area (Å²) < 4.78 is 5.76. The number of hydrogen-bond acceptors (Lipinski definition) is 3.